The van der Waals surface area contributed by atoms with Crippen LogP contribution in [0, 0.1) is 0 Å². The number of hydrogen-bond donors (Lipinski definition) is 3. The average molecular weight is 359 g/mol. The number of rotatable bonds is 7. The topological polar surface area (TPSA) is 62.6 Å². The maximum Gasteiger partial charge on any atom is 0.321 e. The van der Waals surface area contributed by atoms with Gasteiger partial charge in [0.05, 0.1) is 6.04 Å². The third kappa shape index (κ3) is 5.56. The van der Waals surface area contributed by atoms with Gasteiger partial charge >= 0.3 is 6.03 Å². The zero-order chi connectivity index (χ0) is 18.5. The summed E-state index contributed by atoms with van der Waals surface area (Å²) in [4.78, 5) is 25.6. The van der Waals surface area contributed by atoms with Gasteiger partial charge in [0.1, 0.15) is 6.54 Å². The van der Waals surface area contributed by atoms with Crippen LogP contribution < -0.4 is 15.5 Å². The van der Waals surface area contributed by atoms with Crippen LogP contribution in [0.3, 0.4) is 0 Å². The third-order valence-electron chi connectivity index (χ3n) is 5.56. The predicted molar refractivity (Wildman–Crippen MR) is 102 cm³/mol. The number of imide groups is 1. The molecular formula is C21H32N3O2+. The van der Waals surface area contributed by atoms with E-state index in [-0.39, 0.29) is 18.0 Å². The maximum absolute atomic E-state index is 12.3. The zero-order valence-electron chi connectivity index (χ0n) is 16.0. The van der Waals surface area contributed by atoms with Gasteiger partial charge in [0.15, 0.2) is 6.54 Å². The molecule has 0 heterocycles. The van der Waals surface area contributed by atoms with Crippen LogP contribution in [0.5, 0.6) is 0 Å². The minimum Gasteiger partial charge on any atom is -0.335 e. The smallest absolute Gasteiger partial charge is 0.321 e. The van der Waals surface area contributed by atoms with Crippen molar-refractivity contribution in [2.75, 3.05) is 6.54 Å². The highest BCUT2D eigenvalue weighted by Crippen LogP contribution is 2.18. The van der Waals surface area contributed by atoms with E-state index in [1.807, 2.05) is 0 Å². The summed E-state index contributed by atoms with van der Waals surface area (Å²) in [7, 11) is 0. The Labute approximate surface area is 156 Å². The molecule has 2 fully saturated rings. The van der Waals surface area contributed by atoms with Gasteiger partial charge in [-0.05, 0) is 24.3 Å². The molecule has 1 unspecified atom stereocenters. The van der Waals surface area contributed by atoms with Gasteiger partial charge in [-0.1, -0.05) is 51.0 Å². The number of urea groups is 1. The van der Waals surface area contributed by atoms with E-state index in [9.17, 15) is 9.59 Å². The molecule has 1 aromatic rings. The summed E-state index contributed by atoms with van der Waals surface area (Å²) < 4.78 is 0. The molecule has 3 amide bonds. The van der Waals surface area contributed by atoms with E-state index in [0.29, 0.717) is 18.5 Å². The minimum atomic E-state index is -0.335. The first-order chi connectivity index (χ1) is 12.5. The third-order valence-corrected chi connectivity index (χ3v) is 5.56. The van der Waals surface area contributed by atoms with E-state index in [2.05, 4.69) is 48.7 Å². The van der Waals surface area contributed by atoms with Gasteiger partial charge < -0.3 is 10.2 Å². The highest BCUT2D eigenvalue weighted by atomic mass is 16.2. The Bertz CT molecular complexity index is 617. The van der Waals surface area contributed by atoms with Gasteiger partial charge in [0.2, 0.25) is 0 Å². The first-order valence-electron chi connectivity index (χ1n) is 10.0. The lowest BCUT2D eigenvalue weighted by atomic mass is 10.0. The number of nitrogens with one attached hydrogen (secondary N) is 3. The van der Waals surface area contributed by atoms with Gasteiger partial charge in [-0.25, -0.2) is 4.79 Å². The monoisotopic (exact) mass is 358 g/mol. The lowest BCUT2D eigenvalue weighted by Gasteiger charge is -2.19. The molecule has 0 bridgehead atoms. The molecule has 2 aliphatic rings. The highest BCUT2D eigenvalue weighted by Gasteiger charge is 2.35. The fraction of sp³-hybridized carbons (Fsp3) is 0.619. The Kier molecular flexibility index (Phi) is 6.30. The second kappa shape index (κ2) is 8.67. The number of carbonyl (C=O) groups excluding carboxylic acids is 2. The second-order valence-corrected chi connectivity index (χ2v) is 8.19. The molecule has 1 aromatic carbocycles. The van der Waals surface area contributed by atoms with Crippen LogP contribution >= 0.6 is 0 Å². The van der Waals surface area contributed by atoms with Gasteiger partial charge in [0.25, 0.3) is 5.91 Å². The molecule has 5 nitrogen and oxygen atoms in total. The summed E-state index contributed by atoms with van der Waals surface area (Å²) in [6.07, 6.45) is 6.70. The van der Waals surface area contributed by atoms with Crippen LogP contribution in [0.15, 0.2) is 24.3 Å². The Morgan fingerprint density at radius 2 is 1.73 bits per heavy atom. The Balaban J connectivity index is 1.49. The Morgan fingerprint density at radius 3 is 2.31 bits per heavy atom. The first-order valence-corrected chi connectivity index (χ1v) is 10.0. The van der Waals surface area contributed by atoms with Crippen molar-refractivity contribution in [1.29, 1.82) is 0 Å². The largest absolute Gasteiger partial charge is 0.335 e. The van der Waals surface area contributed by atoms with E-state index in [1.165, 1.54) is 28.9 Å². The van der Waals surface area contributed by atoms with E-state index in [1.54, 1.807) is 0 Å². The lowest BCUT2D eigenvalue weighted by Crippen LogP contribution is -3.13. The van der Waals surface area contributed by atoms with Crippen LogP contribution in [-0.4, -0.2) is 30.6 Å². The molecule has 3 rings (SSSR count). The van der Waals surface area contributed by atoms with E-state index >= 15 is 0 Å². The van der Waals surface area contributed by atoms with Crippen molar-refractivity contribution in [2.24, 2.45) is 0 Å². The van der Waals surface area contributed by atoms with Gasteiger partial charge in [-0.2, -0.15) is 0 Å². The zero-order valence-corrected chi connectivity index (χ0v) is 16.0. The van der Waals surface area contributed by atoms with Crippen LogP contribution in [-0.2, 0) is 11.3 Å². The molecule has 142 valence electrons. The van der Waals surface area contributed by atoms with Crippen molar-refractivity contribution < 1.29 is 14.5 Å². The summed E-state index contributed by atoms with van der Waals surface area (Å²) >= 11 is 0. The molecule has 2 saturated carbocycles. The van der Waals surface area contributed by atoms with Crippen molar-refractivity contribution in [2.45, 2.75) is 76.9 Å². The van der Waals surface area contributed by atoms with Gasteiger partial charge in [-0.3, -0.25) is 10.1 Å². The second-order valence-electron chi connectivity index (χ2n) is 8.19. The number of hydrogen-bond acceptors (Lipinski definition) is 2. The maximum atomic E-state index is 12.3. The first kappa shape index (κ1) is 18.9. The summed E-state index contributed by atoms with van der Waals surface area (Å²) in [6.45, 7) is 5.57. The van der Waals surface area contributed by atoms with Gasteiger partial charge in [-0.15, -0.1) is 0 Å². The molecule has 0 aromatic heterocycles. The predicted octanol–water partition coefficient (Wildman–Crippen LogP) is 2.13. The molecule has 1 atom stereocenters. The summed E-state index contributed by atoms with van der Waals surface area (Å²) in [6, 6.07) is 9.14. The summed E-state index contributed by atoms with van der Waals surface area (Å²) in [5.41, 5.74) is 2.59. The van der Waals surface area contributed by atoms with Crippen LogP contribution in [0.4, 0.5) is 4.79 Å². The molecular weight excluding hydrogens is 326 g/mol. The Morgan fingerprint density at radius 1 is 1.08 bits per heavy atom. The number of quaternary nitrogens is 1. The summed E-state index contributed by atoms with van der Waals surface area (Å²) in [5, 5.41) is 5.43. The average Bonchev–Trinajstić information content (AvgIpc) is 3.32. The van der Waals surface area contributed by atoms with Crippen LogP contribution in [0.25, 0.3) is 0 Å². The van der Waals surface area contributed by atoms with E-state index < -0.39 is 0 Å². The molecule has 2 aliphatic carbocycles. The van der Waals surface area contributed by atoms with E-state index in [0.717, 1.165) is 32.2 Å². The van der Waals surface area contributed by atoms with Crippen molar-refractivity contribution >= 4 is 11.9 Å². The quantitative estimate of drug-likeness (QED) is 0.699. The summed E-state index contributed by atoms with van der Waals surface area (Å²) in [5.74, 6) is 0.348. The SMILES string of the molecule is CC(C)c1ccc(C[NH+](CC(=O)NC(=O)NC2CCCC2)C2CC2)cc1. The van der Waals surface area contributed by atoms with Gasteiger partial charge in [0, 0.05) is 24.4 Å². The Hall–Kier alpha value is -1.88. The van der Waals surface area contributed by atoms with Crippen LogP contribution in [0.1, 0.15) is 69.4 Å². The molecule has 26 heavy (non-hydrogen) atoms. The van der Waals surface area contributed by atoms with Crippen molar-refractivity contribution in [3.63, 3.8) is 0 Å². The highest BCUT2D eigenvalue weighted by molar-refractivity contribution is 5.94. The number of amides is 3. The number of benzene rings is 1. The molecule has 5 heteroatoms. The molecule has 0 saturated heterocycles. The standard InChI is InChI=1S/C21H31N3O2/c1-15(2)17-9-7-16(8-10-17)13-24(19-11-12-19)14-20(25)23-21(26)22-18-5-3-4-6-18/h7-10,15,18-19H,3-6,11-14H2,1-2H3,(H2,22,23,25,26)/p+1. The van der Waals surface area contributed by atoms with Crippen molar-refractivity contribution in [1.82, 2.24) is 10.6 Å². The lowest BCUT2D eigenvalue weighted by molar-refractivity contribution is -0.917. The molecule has 0 spiro atoms. The molecule has 3 N–H and O–H groups in total. The molecule has 0 radical (unpaired) electrons. The normalized spacial score (nSPS) is 18.7. The van der Waals surface area contributed by atoms with Crippen molar-refractivity contribution in [3.8, 4) is 0 Å². The van der Waals surface area contributed by atoms with E-state index in [4.69, 9.17) is 0 Å². The van der Waals surface area contributed by atoms with Crippen molar-refractivity contribution in [3.05, 3.63) is 35.4 Å². The number of carbonyl (C=O) groups is 2. The van der Waals surface area contributed by atoms with Crippen LogP contribution in [0.2, 0.25) is 0 Å². The molecule has 0 aliphatic heterocycles. The fourth-order valence-corrected chi connectivity index (χ4v) is 3.79. The fourth-order valence-electron chi connectivity index (χ4n) is 3.79. The minimum absolute atomic E-state index is 0.179.